The van der Waals surface area contributed by atoms with Gasteiger partial charge in [0.15, 0.2) is 0 Å². The van der Waals surface area contributed by atoms with Crippen molar-refractivity contribution in [2.45, 2.75) is 26.8 Å². The van der Waals surface area contributed by atoms with E-state index in [0.29, 0.717) is 17.3 Å². The van der Waals surface area contributed by atoms with E-state index in [4.69, 9.17) is 0 Å². The summed E-state index contributed by atoms with van der Waals surface area (Å²) >= 11 is 0. The number of nitrogens with one attached hydrogen (secondary N) is 2. The molecule has 6 nitrogen and oxygen atoms in total. The number of carbonyl (C=O) groups excluding carboxylic acids is 1. The van der Waals surface area contributed by atoms with Crippen LogP contribution >= 0.6 is 0 Å². The molecule has 1 unspecified atom stereocenters. The minimum Gasteiger partial charge on any atom is -0.328 e. The predicted octanol–water partition coefficient (Wildman–Crippen LogP) is 3.82. The number of hydrogen-bond donors (Lipinski definition) is 2. The number of carbonyl (C=O) groups is 1. The van der Waals surface area contributed by atoms with Crippen molar-refractivity contribution in [2.75, 3.05) is 10.6 Å². The summed E-state index contributed by atoms with van der Waals surface area (Å²) in [6, 6.07) is 17.3. The Morgan fingerprint density at radius 3 is 2.44 bits per heavy atom. The van der Waals surface area contributed by atoms with E-state index in [0.717, 1.165) is 16.9 Å². The number of aromatic nitrogens is 3. The fourth-order valence-corrected chi connectivity index (χ4v) is 3.33. The maximum atomic E-state index is 13.2. The predicted molar refractivity (Wildman–Crippen MR) is 105 cm³/mol. The lowest BCUT2D eigenvalue weighted by Crippen LogP contribution is -2.31. The summed E-state index contributed by atoms with van der Waals surface area (Å²) < 4.78 is 1.78. The van der Waals surface area contributed by atoms with Gasteiger partial charge < -0.3 is 10.6 Å². The van der Waals surface area contributed by atoms with Gasteiger partial charge in [-0.15, -0.1) is 0 Å². The first kappa shape index (κ1) is 17.0. The van der Waals surface area contributed by atoms with Crippen molar-refractivity contribution < 1.29 is 4.79 Å². The number of amides is 1. The van der Waals surface area contributed by atoms with Crippen molar-refractivity contribution in [1.29, 1.82) is 0 Å². The van der Waals surface area contributed by atoms with Crippen LogP contribution in [-0.4, -0.2) is 20.7 Å². The first-order valence-electron chi connectivity index (χ1n) is 8.87. The molecule has 0 radical (unpaired) electrons. The van der Waals surface area contributed by atoms with Crippen LogP contribution in [0.15, 0.2) is 65.9 Å². The highest BCUT2D eigenvalue weighted by Crippen LogP contribution is 2.35. The van der Waals surface area contributed by atoms with Crippen LogP contribution in [0.5, 0.6) is 0 Å². The molecule has 0 aliphatic carbocycles. The normalized spacial score (nSPS) is 15.9. The largest absolute Gasteiger partial charge is 0.328 e. The maximum absolute atomic E-state index is 13.2. The van der Waals surface area contributed by atoms with E-state index in [1.807, 2.05) is 75.4 Å². The van der Waals surface area contributed by atoms with Gasteiger partial charge in [0.25, 0.3) is 5.91 Å². The van der Waals surface area contributed by atoms with Crippen molar-refractivity contribution in [3.63, 3.8) is 0 Å². The Morgan fingerprint density at radius 1 is 1.04 bits per heavy atom. The third kappa shape index (κ3) is 3.21. The second-order valence-corrected chi connectivity index (χ2v) is 6.72. The lowest BCUT2D eigenvalue weighted by molar-refractivity contribution is -0.113. The fraction of sp³-hybridized carbons (Fsp3) is 0.190. The van der Waals surface area contributed by atoms with Crippen LogP contribution in [0.1, 0.15) is 29.9 Å². The van der Waals surface area contributed by atoms with Gasteiger partial charge in [0, 0.05) is 11.4 Å². The molecule has 136 valence electrons. The third-order valence-electron chi connectivity index (χ3n) is 4.63. The lowest BCUT2D eigenvalue weighted by Gasteiger charge is -2.28. The SMILES string of the molecule is CC1=C(C(=O)Nc2ccccc2)C(c2ccc(C)cc2)n2nc(C)nc2N1. The van der Waals surface area contributed by atoms with E-state index >= 15 is 0 Å². The zero-order valence-corrected chi connectivity index (χ0v) is 15.5. The lowest BCUT2D eigenvalue weighted by atomic mass is 9.94. The minimum absolute atomic E-state index is 0.157. The van der Waals surface area contributed by atoms with Crippen LogP contribution in [0.4, 0.5) is 11.6 Å². The second-order valence-electron chi connectivity index (χ2n) is 6.72. The van der Waals surface area contributed by atoms with Gasteiger partial charge in [-0.25, -0.2) is 4.68 Å². The van der Waals surface area contributed by atoms with Gasteiger partial charge in [-0.05, 0) is 38.5 Å². The molecule has 0 saturated heterocycles. The van der Waals surface area contributed by atoms with Crippen molar-refractivity contribution in [3.05, 3.63) is 82.8 Å². The monoisotopic (exact) mass is 359 g/mol. The van der Waals surface area contributed by atoms with Gasteiger partial charge in [0.1, 0.15) is 11.9 Å². The van der Waals surface area contributed by atoms with Crippen LogP contribution < -0.4 is 10.6 Å². The highest BCUT2D eigenvalue weighted by atomic mass is 16.1. The van der Waals surface area contributed by atoms with Crippen LogP contribution in [-0.2, 0) is 4.79 Å². The third-order valence-corrected chi connectivity index (χ3v) is 4.63. The number of anilines is 2. The van der Waals surface area contributed by atoms with E-state index in [-0.39, 0.29) is 11.9 Å². The molecule has 1 aromatic heterocycles. The van der Waals surface area contributed by atoms with Gasteiger partial charge in [-0.2, -0.15) is 10.1 Å². The van der Waals surface area contributed by atoms with Gasteiger partial charge in [0.2, 0.25) is 5.95 Å². The topological polar surface area (TPSA) is 71.8 Å². The quantitative estimate of drug-likeness (QED) is 0.746. The minimum atomic E-state index is -0.341. The van der Waals surface area contributed by atoms with Crippen LogP contribution in [0.3, 0.4) is 0 Å². The Labute approximate surface area is 157 Å². The molecule has 0 bridgehead atoms. The molecular formula is C21H21N5O. The Hall–Kier alpha value is -3.41. The average molecular weight is 359 g/mol. The summed E-state index contributed by atoms with van der Waals surface area (Å²) in [6.07, 6.45) is 0. The zero-order chi connectivity index (χ0) is 19.0. The molecular weight excluding hydrogens is 338 g/mol. The standard InChI is InChI=1S/C21H21N5O/c1-13-9-11-16(12-10-13)19-18(20(27)24-17-7-5-4-6-8-17)14(2)22-21-23-15(3)25-26(19)21/h4-12,19H,1-3H3,(H,24,27)(H,22,23,25). The van der Waals surface area contributed by atoms with Crippen LogP contribution in [0.2, 0.25) is 0 Å². The molecule has 1 aliphatic rings. The van der Waals surface area contributed by atoms with Crippen LogP contribution in [0, 0.1) is 13.8 Å². The highest BCUT2D eigenvalue weighted by molar-refractivity contribution is 6.06. The van der Waals surface area contributed by atoms with E-state index in [2.05, 4.69) is 20.7 Å². The molecule has 2 N–H and O–H groups in total. The maximum Gasteiger partial charge on any atom is 0.255 e. The summed E-state index contributed by atoms with van der Waals surface area (Å²) in [4.78, 5) is 17.6. The fourth-order valence-electron chi connectivity index (χ4n) is 3.33. The zero-order valence-electron chi connectivity index (χ0n) is 15.5. The Bertz CT molecular complexity index is 1020. The molecule has 1 amide bonds. The number of benzene rings is 2. The van der Waals surface area contributed by atoms with Gasteiger partial charge in [0.05, 0.1) is 5.57 Å². The van der Waals surface area contributed by atoms with Crippen molar-refractivity contribution in [3.8, 4) is 0 Å². The van der Waals surface area contributed by atoms with Crippen LogP contribution in [0.25, 0.3) is 0 Å². The Kier molecular flexibility index (Phi) is 4.24. The number of para-hydroxylation sites is 1. The summed E-state index contributed by atoms with van der Waals surface area (Å²) in [7, 11) is 0. The van der Waals surface area contributed by atoms with E-state index < -0.39 is 0 Å². The summed E-state index contributed by atoms with van der Waals surface area (Å²) in [5.74, 6) is 1.15. The molecule has 27 heavy (non-hydrogen) atoms. The number of aryl methyl sites for hydroxylation is 2. The number of nitrogens with zero attached hydrogens (tertiary/aromatic N) is 3. The Morgan fingerprint density at radius 2 is 1.74 bits per heavy atom. The van der Waals surface area contributed by atoms with E-state index in [1.54, 1.807) is 4.68 Å². The number of fused-ring (bicyclic) bond motifs is 1. The van der Waals surface area contributed by atoms with Crippen molar-refractivity contribution >= 4 is 17.5 Å². The smallest absolute Gasteiger partial charge is 0.255 e. The average Bonchev–Trinajstić information content (AvgIpc) is 3.01. The number of hydrogen-bond acceptors (Lipinski definition) is 4. The summed E-state index contributed by atoms with van der Waals surface area (Å²) in [6.45, 7) is 5.79. The molecule has 2 heterocycles. The van der Waals surface area contributed by atoms with Crippen molar-refractivity contribution in [1.82, 2.24) is 14.8 Å². The highest BCUT2D eigenvalue weighted by Gasteiger charge is 2.33. The number of rotatable bonds is 3. The summed E-state index contributed by atoms with van der Waals surface area (Å²) in [5.41, 5.74) is 4.31. The van der Waals surface area contributed by atoms with Gasteiger partial charge in [-0.1, -0.05) is 48.0 Å². The molecule has 3 aromatic rings. The second kappa shape index (κ2) is 6.72. The first-order chi connectivity index (χ1) is 13.0. The van der Waals surface area contributed by atoms with E-state index in [1.165, 1.54) is 5.56 Å². The van der Waals surface area contributed by atoms with Crippen molar-refractivity contribution in [2.24, 2.45) is 0 Å². The van der Waals surface area contributed by atoms with E-state index in [9.17, 15) is 4.79 Å². The van der Waals surface area contributed by atoms with Gasteiger partial charge in [-0.3, -0.25) is 4.79 Å². The molecule has 0 spiro atoms. The molecule has 6 heteroatoms. The molecule has 0 saturated carbocycles. The van der Waals surface area contributed by atoms with Gasteiger partial charge >= 0.3 is 0 Å². The molecule has 2 aromatic carbocycles. The molecule has 1 atom stereocenters. The molecule has 0 fully saturated rings. The Balaban J connectivity index is 1.79. The summed E-state index contributed by atoms with van der Waals surface area (Å²) in [5, 5.41) is 10.7. The molecule has 4 rings (SSSR count). The first-order valence-corrected chi connectivity index (χ1v) is 8.87. The molecule has 1 aliphatic heterocycles. The number of allylic oxidation sites excluding steroid dienone is 1.